The second-order valence-electron chi connectivity index (χ2n) is 6.73. The molecule has 118 valence electrons. The van der Waals surface area contributed by atoms with Crippen LogP contribution in [0.25, 0.3) is 0 Å². The standard InChI is InChI=1S/C18H28BrNO/c1-4-18(2,3)15-7-8-17(16(19)12-15)21-11-9-14-6-5-10-20-13-14/h7-8,12,14,20H,4-6,9-11,13H2,1-3H3. The van der Waals surface area contributed by atoms with Crippen LogP contribution in [0.4, 0.5) is 0 Å². The van der Waals surface area contributed by atoms with Gasteiger partial charge in [0.25, 0.3) is 0 Å². The molecule has 0 saturated carbocycles. The zero-order valence-corrected chi connectivity index (χ0v) is 15.1. The minimum Gasteiger partial charge on any atom is -0.492 e. The Hall–Kier alpha value is -0.540. The highest BCUT2D eigenvalue weighted by atomic mass is 79.9. The van der Waals surface area contributed by atoms with E-state index in [0.717, 1.165) is 42.1 Å². The number of hydrogen-bond donors (Lipinski definition) is 1. The maximum absolute atomic E-state index is 5.97. The Balaban J connectivity index is 1.89. The maximum Gasteiger partial charge on any atom is 0.133 e. The average molecular weight is 354 g/mol. The largest absolute Gasteiger partial charge is 0.492 e. The highest BCUT2D eigenvalue weighted by Gasteiger charge is 2.19. The first-order chi connectivity index (χ1) is 10.0. The lowest BCUT2D eigenvalue weighted by Crippen LogP contribution is -2.30. The van der Waals surface area contributed by atoms with Gasteiger partial charge in [-0.05, 0) is 83.7 Å². The first-order valence-corrected chi connectivity index (χ1v) is 8.96. The molecular weight excluding hydrogens is 326 g/mol. The van der Waals surface area contributed by atoms with Gasteiger partial charge in [-0.1, -0.05) is 26.8 Å². The molecule has 0 aromatic heterocycles. The molecule has 0 bridgehead atoms. The van der Waals surface area contributed by atoms with Crippen LogP contribution in [0.3, 0.4) is 0 Å². The third kappa shape index (κ3) is 4.72. The lowest BCUT2D eigenvalue weighted by molar-refractivity contribution is 0.253. The van der Waals surface area contributed by atoms with Crippen molar-refractivity contribution >= 4 is 15.9 Å². The summed E-state index contributed by atoms with van der Waals surface area (Å²) >= 11 is 3.66. The Morgan fingerprint density at radius 2 is 2.19 bits per heavy atom. The Bertz CT molecular complexity index is 453. The molecule has 0 spiro atoms. The van der Waals surface area contributed by atoms with Crippen molar-refractivity contribution in [1.82, 2.24) is 5.32 Å². The minimum atomic E-state index is 0.217. The van der Waals surface area contributed by atoms with Crippen LogP contribution < -0.4 is 10.1 Å². The van der Waals surface area contributed by atoms with Crippen LogP contribution in [-0.2, 0) is 5.41 Å². The predicted molar refractivity (Wildman–Crippen MR) is 93.2 cm³/mol. The number of piperidine rings is 1. The fourth-order valence-corrected chi connectivity index (χ4v) is 3.24. The van der Waals surface area contributed by atoms with E-state index >= 15 is 0 Å². The SMILES string of the molecule is CCC(C)(C)c1ccc(OCCC2CCCNC2)c(Br)c1. The number of hydrogen-bond acceptors (Lipinski definition) is 2. The Kier molecular flexibility index (Phi) is 6.12. The van der Waals surface area contributed by atoms with Gasteiger partial charge in [0.2, 0.25) is 0 Å². The topological polar surface area (TPSA) is 21.3 Å². The number of nitrogens with one attached hydrogen (secondary N) is 1. The van der Waals surface area contributed by atoms with Crippen LogP contribution in [0.2, 0.25) is 0 Å². The van der Waals surface area contributed by atoms with E-state index in [0.29, 0.717) is 0 Å². The molecule has 1 heterocycles. The van der Waals surface area contributed by atoms with Crippen molar-refractivity contribution in [2.24, 2.45) is 5.92 Å². The van der Waals surface area contributed by atoms with Crippen molar-refractivity contribution in [2.45, 2.75) is 51.9 Å². The molecule has 1 N–H and O–H groups in total. The Morgan fingerprint density at radius 3 is 2.81 bits per heavy atom. The number of halogens is 1. The number of benzene rings is 1. The summed E-state index contributed by atoms with van der Waals surface area (Å²) in [6.07, 6.45) is 4.91. The molecule has 3 heteroatoms. The minimum absolute atomic E-state index is 0.217. The van der Waals surface area contributed by atoms with Gasteiger partial charge in [0.1, 0.15) is 5.75 Å². The van der Waals surface area contributed by atoms with Gasteiger partial charge in [0.15, 0.2) is 0 Å². The van der Waals surface area contributed by atoms with Gasteiger partial charge < -0.3 is 10.1 Å². The van der Waals surface area contributed by atoms with E-state index < -0.39 is 0 Å². The maximum atomic E-state index is 5.97. The molecule has 1 aliphatic heterocycles. The smallest absolute Gasteiger partial charge is 0.133 e. The molecular formula is C18H28BrNO. The highest BCUT2D eigenvalue weighted by Crippen LogP contribution is 2.33. The summed E-state index contributed by atoms with van der Waals surface area (Å²) in [6, 6.07) is 6.52. The van der Waals surface area contributed by atoms with Crippen LogP contribution in [0, 0.1) is 5.92 Å². The van der Waals surface area contributed by atoms with E-state index in [1.165, 1.54) is 24.9 Å². The molecule has 21 heavy (non-hydrogen) atoms. The molecule has 1 aromatic rings. The van der Waals surface area contributed by atoms with E-state index in [1.807, 2.05) is 0 Å². The lowest BCUT2D eigenvalue weighted by Gasteiger charge is -2.24. The lowest BCUT2D eigenvalue weighted by atomic mass is 9.82. The molecule has 1 atom stereocenters. The average Bonchev–Trinajstić information content (AvgIpc) is 2.50. The summed E-state index contributed by atoms with van der Waals surface area (Å²) in [5, 5.41) is 3.46. The van der Waals surface area contributed by atoms with Gasteiger partial charge in [0, 0.05) is 0 Å². The van der Waals surface area contributed by atoms with Crippen LogP contribution in [-0.4, -0.2) is 19.7 Å². The van der Waals surface area contributed by atoms with Crippen LogP contribution in [0.1, 0.15) is 52.0 Å². The number of rotatable bonds is 6. The highest BCUT2D eigenvalue weighted by molar-refractivity contribution is 9.10. The quantitative estimate of drug-likeness (QED) is 0.784. The fourth-order valence-electron chi connectivity index (χ4n) is 2.75. The molecule has 2 rings (SSSR count). The van der Waals surface area contributed by atoms with E-state index in [4.69, 9.17) is 4.74 Å². The third-order valence-corrected chi connectivity index (χ3v) is 5.40. The van der Waals surface area contributed by atoms with Gasteiger partial charge in [-0.2, -0.15) is 0 Å². The molecule has 1 aromatic carbocycles. The Morgan fingerprint density at radius 1 is 1.38 bits per heavy atom. The normalized spacial score (nSPS) is 19.5. The van der Waals surface area contributed by atoms with Gasteiger partial charge in [0.05, 0.1) is 11.1 Å². The molecule has 2 nitrogen and oxygen atoms in total. The summed E-state index contributed by atoms with van der Waals surface area (Å²) in [5.41, 5.74) is 1.58. The zero-order chi connectivity index (χ0) is 15.3. The molecule has 0 aliphatic carbocycles. The van der Waals surface area contributed by atoms with Gasteiger partial charge >= 0.3 is 0 Å². The van der Waals surface area contributed by atoms with Crippen molar-refractivity contribution in [2.75, 3.05) is 19.7 Å². The van der Waals surface area contributed by atoms with Gasteiger partial charge in [-0.3, -0.25) is 0 Å². The van der Waals surface area contributed by atoms with Crippen molar-refractivity contribution in [1.29, 1.82) is 0 Å². The second-order valence-corrected chi connectivity index (χ2v) is 7.59. The molecule has 1 fully saturated rings. The summed E-state index contributed by atoms with van der Waals surface area (Å²) in [5.74, 6) is 1.74. The van der Waals surface area contributed by atoms with E-state index in [2.05, 4.69) is 60.2 Å². The van der Waals surface area contributed by atoms with Crippen molar-refractivity contribution < 1.29 is 4.74 Å². The van der Waals surface area contributed by atoms with E-state index in [-0.39, 0.29) is 5.41 Å². The Labute approximate surface area is 137 Å². The van der Waals surface area contributed by atoms with Crippen molar-refractivity contribution in [3.05, 3.63) is 28.2 Å². The summed E-state index contributed by atoms with van der Waals surface area (Å²) in [7, 11) is 0. The first kappa shape index (κ1) is 16.8. The van der Waals surface area contributed by atoms with Crippen molar-refractivity contribution in [3.8, 4) is 5.75 Å². The van der Waals surface area contributed by atoms with E-state index in [1.54, 1.807) is 0 Å². The first-order valence-electron chi connectivity index (χ1n) is 8.16. The number of ether oxygens (including phenoxy) is 1. The summed E-state index contributed by atoms with van der Waals surface area (Å²) in [6.45, 7) is 9.93. The van der Waals surface area contributed by atoms with Gasteiger partial charge in [-0.25, -0.2) is 0 Å². The fraction of sp³-hybridized carbons (Fsp3) is 0.667. The molecule has 0 amide bonds. The summed E-state index contributed by atoms with van der Waals surface area (Å²) in [4.78, 5) is 0. The molecule has 1 saturated heterocycles. The van der Waals surface area contributed by atoms with Crippen LogP contribution in [0.5, 0.6) is 5.75 Å². The molecule has 1 unspecified atom stereocenters. The molecule has 1 aliphatic rings. The van der Waals surface area contributed by atoms with E-state index in [9.17, 15) is 0 Å². The predicted octanol–water partition coefficient (Wildman–Crippen LogP) is 4.91. The van der Waals surface area contributed by atoms with Crippen molar-refractivity contribution in [3.63, 3.8) is 0 Å². The summed E-state index contributed by atoms with van der Waals surface area (Å²) < 4.78 is 7.04. The second kappa shape index (κ2) is 7.64. The third-order valence-electron chi connectivity index (χ3n) is 4.78. The van der Waals surface area contributed by atoms with Crippen LogP contribution >= 0.6 is 15.9 Å². The van der Waals surface area contributed by atoms with Gasteiger partial charge in [-0.15, -0.1) is 0 Å². The zero-order valence-electron chi connectivity index (χ0n) is 13.5. The monoisotopic (exact) mass is 353 g/mol. The molecule has 0 radical (unpaired) electrons. The van der Waals surface area contributed by atoms with Crippen LogP contribution in [0.15, 0.2) is 22.7 Å².